The van der Waals surface area contributed by atoms with Gasteiger partial charge in [-0.05, 0) is 24.3 Å². The molecule has 0 fully saturated rings. The van der Waals surface area contributed by atoms with E-state index in [4.69, 9.17) is 10.8 Å². The molecule has 2 aromatic rings. The molecule has 2 rings (SSSR count). The maximum absolute atomic E-state index is 12.7. The Morgan fingerprint density at radius 1 is 1.29 bits per heavy atom. The first-order valence-corrected chi connectivity index (χ1v) is 4.69. The first-order valence-electron chi connectivity index (χ1n) is 4.69. The molecule has 1 heterocycles. The second kappa shape index (κ2) is 4.17. The predicted molar refractivity (Wildman–Crippen MR) is 58.8 cm³/mol. The summed E-state index contributed by atoms with van der Waals surface area (Å²) >= 11 is 0. The van der Waals surface area contributed by atoms with E-state index in [1.165, 1.54) is 30.5 Å². The number of carbonyl (C=O) groups is 1. The van der Waals surface area contributed by atoms with E-state index < -0.39 is 5.97 Å². The smallest absolute Gasteiger partial charge is 0.358 e. The molecule has 1 aromatic carbocycles. The van der Waals surface area contributed by atoms with Crippen LogP contribution in [0.2, 0.25) is 0 Å². The number of hydrogen-bond donors (Lipinski definition) is 2. The Hall–Kier alpha value is -2.50. The average Bonchev–Trinajstić information content (AvgIpc) is 2.30. The molecular weight excluding hydrogens is 225 g/mol. The van der Waals surface area contributed by atoms with E-state index in [9.17, 15) is 9.18 Å². The summed E-state index contributed by atoms with van der Waals surface area (Å²) in [6.07, 6.45) is 1.34. The van der Waals surface area contributed by atoms with Crippen molar-refractivity contribution in [2.24, 2.45) is 0 Å². The highest BCUT2D eigenvalue weighted by Gasteiger charge is 2.12. The summed E-state index contributed by atoms with van der Waals surface area (Å²) in [5.74, 6) is -1.78. The third kappa shape index (κ3) is 2.20. The van der Waals surface area contributed by atoms with Crippen LogP contribution in [0.15, 0.2) is 30.5 Å². The van der Waals surface area contributed by atoms with Gasteiger partial charge in [0.1, 0.15) is 5.82 Å². The minimum absolute atomic E-state index is 0.150. The van der Waals surface area contributed by atoms with Crippen LogP contribution in [0.1, 0.15) is 10.5 Å². The van der Waals surface area contributed by atoms with Crippen molar-refractivity contribution in [2.75, 3.05) is 5.73 Å². The lowest BCUT2D eigenvalue weighted by molar-refractivity contribution is 0.0691. The average molecular weight is 233 g/mol. The van der Waals surface area contributed by atoms with E-state index in [1.807, 2.05) is 0 Å². The van der Waals surface area contributed by atoms with Crippen LogP contribution in [0, 0.1) is 5.82 Å². The second-order valence-electron chi connectivity index (χ2n) is 3.30. The highest BCUT2D eigenvalue weighted by molar-refractivity contribution is 5.90. The Labute approximate surface area is 95.8 Å². The molecule has 0 unspecified atom stereocenters. The van der Waals surface area contributed by atoms with Gasteiger partial charge in [0, 0.05) is 5.56 Å². The molecule has 0 atom stereocenters. The third-order valence-electron chi connectivity index (χ3n) is 2.14. The lowest BCUT2D eigenvalue weighted by Crippen LogP contribution is -2.08. The normalized spacial score (nSPS) is 10.2. The van der Waals surface area contributed by atoms with Gasteiger partial charge in [-0.1, -0.05) is 0 Å². The number of carboxylic acids is 1. The van der Waals surface area contributed by atoms with Gasteiger partial charge < -0.3 is 10.8 Å². The Balaban J connectivity index is 2.50. The van der Waals surface area contributed by atoms with Crippen molar-refractivity contribution >= 4 is 11.8 Å². The van der Waals surface area contributed by atoms with Crippen LogP contribution in [0.25, 0.3) is 11.3 Å². The number of rotatable bonds is 2. The van der Waals surface area contributed by atoms with Crippen LogP contribution in [0.5, 0.6) is 0 Å². The van der Waals surface area contributed by atoms with E-state index in [1.54, 1.807) is 0 Å². The van der Waals surface area contributed by atoms with Crippen molar-refractivity contribution in [3.63, 3.8) is 0 Å². The summed E-state index contributed by atoms with van der Waals surface area (Å²) < 4.78 is 12.7. The molecule has 0 radical (unpaired) electrons. The Morgan fingerprint density at radius 2 is 1.94 bits per heavy atom. The lowest BCUT2D eigenvalue weighted by atomic mass is 10.1. The van der Waals surface area contributed by atoms with Gasteiger partial charge in [0.15, 0.2) is 11.5 Å². The molecule has 0 saturated carbocycles. The molecule has 0 aliphatic carbocycles. The maximum atomic E-state index is 12.7. The molecule has 17 heavy (non-hydrogen) atoms. The molecule has 0 saturated heterocycles. The van der Waals surface area contributed by atoms with Crippen molar-refractivity contribution in [2.45, 2.75) is 0 Å². The Kier molecular flexibility index (Phi) is 2.70. The standard InChI is InChI=1S/C11H8FN3O2/c12-7-3-1-6(2-4-7)8-5-14-10(13)9(15-8)11(16)17/h1-5H,(H2,13,14)(H,16,17). The van der Waals surface area contributed by atoms with Gasteiger partial charge in [-0.3, -0.25) is 0 Å². The number of nitrogens with zero attached hydrogens (tertiary/aromatic N) is 2. The zero-order valence-corrected chi connectivity index (χ0v) is 8.59. The van der Waals surface area contributed by atoms with Gasteiger partial charge in [-0.25, -0.2) is 19.2 Å². The number of halogens is 1. The van der Waals surface area contributed by atoms with Gasteiger partial charge in [0.05, 0.1) is 11.9 Å². The van der Waals surface area contributed by atoms with Crippen molar-refractivity contribution in [1.29, 1.82) is 0 Å². The van der Waals surface area contributed by atoms with Crippen LogP contribution in [0.3, 0.4) is 0 Å². The van der Waals surface area contributed by atoms with E-state index in [0.29, 0.717) is 11.3 Å². The van der Waals surface area contributed by atoms with Crippen LogP contribution in [-0.4, -0.2) is 21.0 Å². The summed E-state index contributed by atoms with van der Waals surface area (Å²) in [6, 6.07) is 5.49. The number of hydrogen-bond acceptors (Lipinski definition) is 4. The number of nitrogens with two attached hydrogens (primary N) is 1. The summed E-state index contributed by atoms with van der Waals surface area (Å²) in [5, 5.41) is 8.84. The predicted octanol–water partition coefficient (Wildman–Crippen LogP) is 1.56. The number of nitrogen functional groups attached to an aromatic ring is 1. The topological polar surface area (TPSA) is 89.1 Å². The zero-order valence-electron chi connectivity index (χ0n) is 8.59. The first-order chi connectivity index (χ1) is 8.08. The number of carboxylic acid groups (broad SMARTS) is 1. The summed E-state index contributed by atoms with van der Waals surface area (Å²) in [5.41, 5.74) is 5.97. The molecule has 0 aliphatic rings. The minimum atomic E-state index is -1.25. The largest absolute Gasteiger partial charge is 0.476 e. The van der Waals surface area contributed by atoms with E-state index in [0.717, 1.165) is 0 Å². The first kappa shape index (κ1) is 11.0. The van der Waals surface area contributed by atoms with Gasteiger partial charge in [0.2, 0.25) is 0 Å². The highest BCUT2D eigenvalue weighted by atomic mass is 19.1. The number of benzene rings is 1. The van der Waals surface area contributed by atoms with Gasteiger partial charge in [-0.15, -0.1) is 0 Å². The second-order valence-corrected chi connectivity index (χ2v) is 3.30. The minimum Gasteiger partial charge on any atom is -0.476 e. The Morgan fingerprint density at radius 3 is 2.53 bits per heavy atom. The van der Waals surface area contributed by atoms with Crippen molar-refractivity contribution in [1.82, 2.24) is 9.97 Å². The van der Waals surface area contributed by atoms with Gasteiger partial charge >= 0.3 is 5.97 Å². The van der Waals surface area contributed by atoms with E-state index in [2.05, 4.69) is 9.97 Å². The summed E-state index contributed by atoms with van der Waals surface area (Å²) in [6.45, 7) is 0. The maximum Gasteiger partial charge on any atom is 0.358 e. The van der Waals surface area contributed by atoms with Crippen LogP contribution in [0.4, 0.5) is 10.2 Å². The van der Waals surface area contributed by atoms with E-state index >= 15 is 0 Å². The molecule has 3 N–H and O–H groups in total. The number of aromatic nitrogens is 2. The molecule has 0 spiro atoms. The van der Waals surface area contributed by atoms with Crippen LogP contribution < -0.4 is 5.73 Å². The third-order valence-corrected chi connectivity index (χ3v) is 2.14. The summed E-state index contributed by atoms with van der Waals surface area (Å²) in [7, 11) is 0. The Bertz CT molecular complexity index is 569. The molecule has 1 aromatic heterocycles. The number of aromatic carboxylic acids is 1. The fourth-order valence-electron chi connectivity index (χ4n) is 1.32. The van der Waals surface area contributed by atoms with Crippen molar-refractivity contribution in [3.8, 4) is 11.3 Å². The molecule has 0 amide bonds. The fraction of sp³-hybridized carbons (Fsp3) is 0. The SMILES string of the molecule is Nc1ncc(-c2ccc(F)cc2)nc1C(=O)O. The van der Waals surface area contributed by atoms with Gasteiger partial charge in [0.25, 0.3) is 0 Å². The van der Waals surface area contributed by atoms with E-state index in [-0.39, 0.29) is 17.3 Å². The zero-order chi connectivity index (χ0) is 12.4. The monoisotopic (exact) mass is 233 g/mol. The van der Waals surface area contributed by atoms with Gasteiger partial charge in [-0.2, -0.15) is 0 Å². The van der Waals surface area contributed by atoms with Crippen molar-refractivity contribution in [3.05, 3.63) is 42.0 Å². The van der Waals surface area contributed by atoms with Crippen LogP contribution >= 0.6 is 0 Å². The quantitative estimate of drug-likeness (QED) is 0.821. The molecule has 86 valence electrons. The molecule has 0 aliphatic heterocycles. The fourth-order valence-corrected chi connectivity index (χ4v) is 1.32. The number of anilines is 1. The van der Waals surface area contributed by atoms with Crippen LogP contribution in [-0.2, 0) is 0 Å². The lowest BCUT2D eigenvalue weighted by Gasteiger charge is -2.03. The molecule has 6 heteroatoms. The highest BCUT2D eigenvalue weighted by Crippen LogP contribution is 2.18. The molecule has 5 nitrogen and oxygen atoms in total. The van der Waals surface area contributed by atoms with Crippen molar-refractivity contribution < 1.29 is 14.3 Å². The summed E-state index contributed by atoms with van der Waals surface area (Å²) in [4.78, 5) is 18.4. The molecule has 0 bridgehead atoms. The molecular formula is C11H8FN3O2.